The highest BCUT2D eigenvalue weighted by atomic mass is 19.1. The molecule has 1 fully saturated rings. The van der Waals surface area contributed by atoms with Crippen LogP contribution in [-0.4, -0.2) is 35.7 Å². The number of carbonyl (C=O) groups excluding carboxylic acids is 3. The number of nitrogens with one attached hydrogen (secondary N) is 3. The van der Waals surface area contributed by atoms with Crippen molar-refractivity contribution in [1.29, 1.82) is 0 Å². The molecule has 0 spiro atoms. The van der Waals surface area contributed by atoms with Crippen LogP contribution in [0.2, 0.25) is 0 Å². The topological polar surface area (TPSA) is 90.5 Å². The summed E-state index contributed by atoms with van der Waals surface area (Å²) in [4.78, 5) is 37.9. The second kappa shape index (κ2) is 7.54. The van der Waals surface area contributed by atoms with Crippen LogP contribution in [0, 0.1) is 5.82 Å². The summed E-state index contributed by atoms with van der Waals surface area (Å²) in [7, 11) is 1.64. The van der Waals surface area contributed by atoms with Gasteiger partial charge in [-0.3, -0.25) is 19.7 Å². The maximum absolute atomic E-state index is 14.5. The SMILES string of the molecule is [2H][C@]1(N2Cc3c(NCc4cccc(NC)c4F)cccc3C2=O)CCC(=O)NC1=O. The maximum Gasteiger partial charge on any atom is 0.255 e. The number of nitrogens with zero attached hydrogens (tertiary/aromatic N) is 1. The fraction of sp³-hybridized carbons (Fsp3) is 0.286. The van der Waals surface area contributed by atoms with E-state index in [1.807, 2.05) is 0 Å². The van der Waals surface area contributed by atoms with Crippen molar-refractivity contribution in [1.82, 2.24) is 10.2 Å². The van der Waals surface area contributed by atoms with E-state index in [-0.39, 0.29) is 31.7 Å². The highest BCUT2D eigenvalue weighted by Gasteiger charge is 2.39. The quantitative estimate of drug-likeness (QED) is 0.674. The molecule has 3 N–H and O–H groups in total. The number of hydrogen-bond donors (Lipinski definition) is 3. The van der Waals surface area contributed by atoms with Gasteiger partial charge in [0, 0.05) is 48.9 Å². The Bertz CT molecular complexity index is 1060. The van der Waals surface area contributed by atoms with Crippen molar-refractivity contribution in [2.75, 3.05) is 17.7 Å². The zero-order valence-electron chi connectivity index (χ0n) is 16.8. The van der Waals surface area contributed by atoms with Gasteiger partial charge in [-0.25, -0.2) is 4.39 Å². The summed E-state index contributed by atoms with van der Waals surface area (Å²) in [5.74, 6) is -2.02. The van der Waals surface area contributed by atoms with Crippen LogP contribution in [0.4, 0.5) is 15.8 Å². The van der Waals surface area contributed by atoms with Gasteiger partial charge in [0.1, 0.15) is 6.02 Å². The minimum Gasteiger partial charge on any atom is -0.386 e. The lowest BCUT2D eigenvalue weighted by atomic mass is 10.0. The molecule has 2 heterocycles. The number of halogens is 1. The molecule has 4 rings (SSSR count). The smallest absolute Gasteiger partial charge is 0.255 e. The van der Waals surface area contributed by atoms with E-state index >= 15 is 0 Å². The molecule has 2 aromatic rings. The predicted molar refractivity (Wildman–Crippen MR) is 106 cm³/mol. The van der Waals surface area contributed by atoms with Crippen LogP contribution in [0.1, 0.15) is 35.7 Å². The van der Waals surface area contributed by atoms with Crippen molar-refractivity contribution < 1.29 is 20.1 Å². The van der Waals surface area contributed by atoms with Gasteiger partial charge in [-0.1, -0.05) is 18.2 Å². The highest BCUT2D eigenvalue weighted by Crippen LogP contribution is 2.32. The van der Waals surface area contributed by atoms with E-state index in [4.69, 9.17) is 1.37 Å². The first kappa shape index (κ1) is 17.7. The van der Waals surface area contributed by atoms with Gasteiger partial charge in [0.25, 0.3) is 5.91 Å². The Hall–Kier alpha value is -3.42. The minimum atomic E-state index is -1.84. The third kappa shape index (κ3) is 3.41. The van der Waals surface area contributed by atoms with Crippen LogP contribution < -0.4 is 16.0 Å². The summed E-state index contributed by atoms with van der Waals surface area (Å²) in [5, 5.41) is 8.11. The van der Waals surface area contributed by atoms with Gasteiger partial charge < -0.3 is 15.5 Å². The summed E-state index contributed by atoms with van der Waals surface area (Å²) in [5.41, 5.74) is 2.52. The molecule has 3 amide bonds. The van der Waals surface area contributed by atoms with Gasteiger partial charge in [-0.05, 0) is 24.6 Å². The summed E-state index contributed by atoms with van der Waals surface area (Å²) in [6.07, 6.45) is -0.0519. The maximum atomic E-state index is 14.5. The van der Waals surface area contributed by atoms with Gasteiger partial charge in [0.15, 0.2) is 5.82 Å². The predicted octanol–water partition coefficient (Wildman–Crippen LogP) is 2.24. The molecule has 1 atom stereocenters. The Morgan fingerprint density at radius 2 is 1.97 bits per heavy atom. The van der Waals surface area contributed by atoms with Crippen molar-refractivity contribution in [3.63, 3.8) is 0 Å². The molecule has 8 heteroatoms. The number of imide groups is 1. The standard InChI is InChI=1S/C21H21FN4O3/c1-23-16-7-2-4-12(19(16)22)10-24-15-6-3-5-13-14(15)11-26(21(13)29)17-8-9-18(27)25-20(17)28/h2-7,17,23-24H,8-11H2,1H3,(H,25,27,28)/t17-/m0/s1/i17D. The molecule has 0 aliphatic carbocycles. The number of benzene rings is 2. The lowest BCUT2D eigenvalue weighted by Gasteiger charge is -2.29. The minimum absolute atomic E-state index is 0.00154. The largest absolute Gasteiger partial charge is 0.386 e. The number of rotatable bonds is 5. The van der Waals surface area contributed by atoms with E-state index in [1.54, 1.807) is 43.4 Å². The van der Waals surface area contributed by atoms with E-state index < -0.39 is 23.7 Å². The van der Waals surface area contributed by atoms with Crippen LogP contribution in [0.5, 0.6) is 0 Å². The number of anilines is 2. The fourth-order valence-corrected chi connectivity index (χ4v) is 3.68. The lowest BCUT2D eigenvalue weighted by Crippen LogP contribution is -2.52. The van der Waals surface area contributed by atoms with Gasteiger partial charge in [0.05, 0.1) is 7.06 Å². The van der Waals surface area contributed by atoms with E-state index in [1.165, 1.54) is 4.90 Å². The zero-order valence-corrected chi connectivity index (χ0v) is 15.8. The Labute approximate surface area is 168 Å². The monoisotopic (exact) mass is 397 g/mol. The Morgan fingerprint density at radius 1 is 1.21 bits per heavy atom. The van der Waals surface area contributed by atoms with E-state index in [0.29, 0.717) is 28.1 Å². The Kier molecular flexibility index (Phi) is 4.59. The van der Waals surface area contributed by atoms with Crippen molar-refractivity contribution in [3.05, 3.63) is 58.9 Å². The molecule has 0 radical (unpaired) electrons. The first-order valence-corrected chi connectivity index (χ1v) is 9.32. The molecule has 2 aliphatic heterocycles. The van der Waals surface area contributed by atoms with Gasteiger partial charge in [-0.15, -0.1) is 0 Å². The Balaban J connectivity index is 1.58. The van der Waals surface area contributed by atoms with Crippen LogP contribution in [0.25, 0.3) is 0 Å². The molecule has 150 valence electrons. The zero-order chi connectivity index (χ0) is 21.5. The number of fused-ring (bicyclic) bond motifs is 1. The summed E-state index contributed by atoms with van der Waals surface area (Å²) < 4.78 is 23.0. The van der Waals surface area contributed by atoms with Crippen molar-refractivity contribution in [2.24, 2.45) is 0 Å². The summed E-state index contributed by atoms with van der Waals surface area (Å²) in [6.45, 7) is 0.258. The highest BCUT2D eigenvalue weighted by molar-refractivity contribution is 6.06. The summed E-state index contributed by atoms with van der Waals surface area (Å²) >= 11 is 0. The number of piperidine rings is 1. The fourth-order valence-electron chi connectivity index (χ4n) is 3.68. The lowest BCUT2D eigenvalue weighted by molar-refractivity contribution is -0.136. The van der Waals surface area contributed by atoms with Crippen LogP contribution in [0.3, 0.4) is 0 Å². The molecule has 0 unspecified atom stereocenters. The normalized spacial score (nSPS) is 21.5. The molecular weight excluding hydrogens is 375 g/mol. The van der Waals surface area contributed by atoms with Crippen LogP contribution in [-0.2, 0) is 22.7 Å². The van der Waals surface area contributed by atoms with Crippen molar-refractivity contribution >= 4 is 29.1 Å². The van der Waals surface area contributed by atoms with Crippen LogP contribution >= 0.6 is 0 Å². The number of carbonyl (C=O) groups is 3. The van der Waals surface area contributed by atoms with Crippen LogP contribution in [0.15, 0.2) is 36.4 Å². The van der Waals surface area contributed by atoms with E-state index in [2.05, 4.69) is 16.0 Å². The van der Waals surface area contributed by atoms with E-state index in [9.17, 15) is 18.8 Å². The molecule has 2 aliphatic rings. The van der Waals surface area contributed by atoms with Gasteiger partial charge in [0.2, 0.25) is 11.8 Å². The first-order valence-electron chi connectivity index (χ1n) is 9.82. The molecule has 7 nitrogen and oxygen atoms in total. The average molecular weight is 397 g/mol. The molecular formula is C21H21FN4O3. The van der Waals surface area contributed by atoms with E-state index in [0.717, 1.165) is 0 Å². The molecule has 29 heavy (non-hydrogen) atoms. The summed E-state index contributed by atoms with van der Waals surface area (Å²) in [6, 6.07) is 8.34. The number of hydrogen-bond acceptors (Lipinski definition) is 5. The third-order valence-electron chi connectivity index (χ3n) is 5.21. The molecule has 1 saturated heterocycles. The Morgan fingerprint density at radius 3 is 2.72 bits per heavy atom. The first-order chi connectivity index (χ1) is 14.3. The van der Waals surface area contributed by atoms with Gasteiger partial charge in [-0.2, -0.15) is 0 Å². The molecule has 2 aromatic carbocycles. The number of amides is 3. The average Bonchev–Trinajstić information content (AvgIpc) is 3.08. The third-order valence-corrected chi connectivity index (χ3v) is 5.21. The van der Waals surface area contributed by atoms with Crippen molar-refractivity contribution in [2.45, 2.75) is 31.9 Å². The van der Waals surface area contributed by atoms with Crippen molar-refractivity contribution in [3.8, 4) is 0 Å². The molecule has 0 aromatic heterocycles. The molecule has 0 saturated carbocycles. The van der Waals surface area contributed by atoms with Gasteiger partial charge >= 0.3 is 0 Å². The molecule has 0 bridgehead atoms. The second-order valence-corrected chi connectivity index (χ2v) is 6.93. The second-order valence-electron chi connectivity index (χ2n) is 6.93.